The average Bonchev–Trinajstić information content (AvgIpc) is 2.34. The average molecular weight is 180 g/mol. The topological polar surface area (TPSA) is 25.8 Å². The molecule has 2 rings (SSSR count). The first kappa shape index (κ1) is 7.07. The van der Waals surface area contributed by atoms with Gasteiger partial charge in [0, 0.05) is 5.39 Å². The van der Waals surface area contributed by atoms with E-state index < -0.39 is 0 Å². The highest BCUT2D eigenvalue weighted by Gasteiger charge is 2.04. The maximum absolute atomic E-state index is 5.78. The number of hydrogen-bond donors (Lipinski definition) is 0. The van der Waals surface area contributed by atoms with Crippen molar-refractivity contribution in [2.24, 2.45) is 0 Å². The van der Waals surface area contributed by atoms with E-state index in [1.165, 1.54) is 17.7 Å². The minimum absolute atomic E-state index is 0.425. The van der Waals surface area contributed by atoms with Crippen molar-refractivity contribution in [1.29, 1.82) is 0 Å². The molecule has 0 unspecified atom stereocenters. The monoisotopic (exact) mass is 180 g/mol. The Labute approximate surface area is 73.6 Å². The second kappa shape index (κ2) is 2.46. The molecule has 0 aliphatic heterocycles. The van der Waals surface area contributed by atoms with Gasteiger partial charge < -0.3 is 0 Å². The molecular formula is C6H2BClN2S. The zero-order chi connectivity index (χ0) is 7.84. The van der Waals surface area contributed by atoms with E-state index in [0.29, 0.717) is 10.6 Å². The number of thiophene rings is 1. The van der Waals surface area contributed by atoms with Crippen LogP contribution in [0.1, 0.15) is 0 Å². The molecule has 0 spiro atoms. The molecule has 5 heteroatoms. The van der Waals surface area contributed by atoms with Crippen LogP contribution in [-0.2, 0) is 0 Å². The molecule has 0 saturated heterocycles. The summed E-state index contributed by atoms with van der Waals surface area (Å²) in [5.74, 6) is 0. The molecule has 0 bridgehead atoms. The van der Waals surface area contributed by atoms with Crippen LogP contribution in [0.5, 0.6) is 0 Å². The number of aromatic nitrogens is 2. The molecule has 0 fully saturated rings. The molecule has 0 amide bonds. The van der Waals surface area contributed by atoms with Crippen LogP contribution < -0.4 is 5.46 Å². The molecule has 0 saturated carbocycles. The number of hydrogen-bond acceptors (Lipinski definition) is 3. The Morgan fingerprint density at radius 1 is 1.45 bits per heavy atom. The SMILES string of the molecule is [B]c1csc2ncnc(Cl)c12. The van der Waals surface area contributed by atoms with Gasteiger partial charge in [0.2, 0.25) is 0 Å². The summed E-state index contributed by atoms with van der Waals surface area (Å²) < 4.78 is 0. The van der Waals surface area contributed by atoms with Gasteiger partial charge in [-0.25, -0.2) is 9.97 Å². The van der Waals surface area contributed by atoms with E-state index in [9.17, 15) is 0 Å². The molecule has 2 nitrogen and oxygen atoms in total. The zero-order valence-corrected chi connectivity index (χ0v) is 6.99. The van der Waals surface area contributed by atoms with Crippen LogP contribution in [0.3, 0.4) is 0 Å². The summed E-state index contributed by atoms with van der Waals surface area (Å²) in [4.78, 5) is 8.66. The summed E-state index contributed by atoms with van der Waals surface area (Å²) in [5, 5.41) is 3.00. The van der Waals surface area contributed by atoms with Gasteiger partial charge in [-0.05, 0) is 5.38 Å². The molecule has 2 radical (unpaired) electrons. The highest BCUT2D eigenvalue weighted by molar-refractivity contribution is 7.18. The van der Waals surface area contributed by atoms with Crippen LogP contribution in [0, 0.1) is 0 Å². The van der Waals surface area contributed by atoms with E-state index >= 15 is 0 Å². The van der Waals surface area contributed by atoms with Gasteiger partial charge in [0.15, 0.2) is 0 Å². The largest absolute Gasteiger partial charge is 0.225 e. The first-order valence-corrected chi connectivity index (χ1v) is 4.18. The van der Waals surface area contributed by atoms with E-state index in [0.717, 1.165) is 10.2 Å². The molecule has 0 N–H and O–H groups in total. The van der Waals surface area contributed by atoms with Crippen LogP contribution in [0.4, 0.5) is 0 Å². The van der Waals surface area contributed by atoms with Crippen LogP contribution in [0.2, 0.25) is 5.15 Å². The van der Waals surface area contributed by atoms with E-state index in [-0.39, 0.29) is 0 Å². The van der Waals surface area contributed by atoms with Crippen molar-refractivity contribution in [3.05, 3.63) is 16.9 Å². The van der Waals surface area contributed by atoms with E-state index in [1.54, 1.807) is 0 Å². The van der Waals surface area contributed by atoms with Crippen LogP contribution in [0.15, 0.2) is 11.7 Å². The lowest BCUT2D eigenvalue weighted by Crippen LogP contribution is -1.98. The third-order valence-corrected chi connectivity index (χ3v) is 2.54. The van der Waals surface area contributed by atoms with Crippen molar-refractivity contribution in [3.63, 3.8) is 0 Å². The van der Waals surface area contributed by atoms with Crippen LogP contribution in [-0.4, -0.2) is 17.8 Å². The van der Waals surface area contributed by atoms with E-state index in [2.05, 4.69) is 9.97 Å². The molecule has 0 aliphatic carbocycles. The number of fused-ring (bicyclic) bond motifs is 1. The summed E-state index contributed by atoms with van der Waals surface area (Å²) in [5.41, 5.74) is 0.649. The summed E-state index contributed by atoms with van der Waals surface area (Å²) in [6, 6.07) is 0. The van der Waals surface area contributed by atoms with Crippen molar-refractivity contribution in [2.45, 2.75) is 0 Å². The predicted octanol–water partition coefficient (Wildman–Crippen LogP) is 1.14. The summed E-state index contributed by atoms with van der Waals surface area (Å²) >= 11 is 7.25. The van der Waals surface area contributed by atoms with Gasteiger partial charge >= 0.3 is 0 Å². The molecule has 0 aliphatic rings. The Morgan fingerprint density at radius 3 is 3.00 bits per heavy atom. The number of halogens is 1. The first-order valence-electron chi connectivity index (χ1n) is 2.92. The summed E-state index contributed by atoms with van der Waals surface area (Å²) in [6.45, 7) is 0. The summed E-state index contributed by atoms with van der Waals surface area (Å²) in [7, 11) is 5.62. The van der Waals surface area contributed by atoms with Crippen molar-refractivity contribution < 1.29 is 0 Å². The molecule has 0 atom stereocenters. The minimum atomic E-state index is 0.425. The van der Waals surface area contributed by atoms with E-state index in [1.807, 2.05) is 5.38 Å². The number of nitrogens with zero attached hydrogens (tertiary/aromatic N) is 2. The molecule has 2 aromatic rings. The van der Waals surface area contributed by atoms with Gasteiger partial charge in [-0.15, -0.1) is 11.3 Å². The second-order valence-corrected chi connectivity index (χ2v) is 3.25. The normalized spacial score (nSPS) is 10.6. The van der Waals surface area contributed by atoms with Gasteiger partial charge in [-0.1, -0.05) is 17.1 Å². The maximum Gasteiger partial charge on any atom is 0.140 e. The van der Waals surface area contributed by atoms with Crippen molar-refractivity contribution >= 4 is 46.5 Å². The van der Waals surface area contributed by atoms with Gasteiger partial charge in [-0.2, -0.15) is 0 Å². The molecule has 11 heavy (non-hydrogen) atoms. The fourth-order valence-corrected chi connectivity index (χ4v) is 1.95. The second-order valence-electron chi connectivity index (χ2n) is 2.04. The van der Waals surface area contributed by atoms with Crippen LogP contribution in [0.25, 0.3) is 10.2 Å². The Bertz CT molecular complexity index is 400. The predicted molar refractivity (Wildman–Crippen MR) is 47.8 cm³/mol. The minimum Gasteiger partial charge on any atom is -0.225 e. The lowest BCUT2D eigenvalue weighted by atomic mass is 9.98. The Balaban J connectivity index is 2.96. The molecular weight excluding hydrogens is 178 g/mol. The van der Waals surface area contributed by atoms with E-state index in [4.69, 9.17) is 19.4 Å². The third kappa shape index (κ3) is 1.02. The number of rotatable bonds is 0. The zero-order valence-electron chi connectivity index (χ0n) is 5.41. The van der Waals surface area contributed by atoms with Gasteiger partial charge in [0.05, 0.1) is 0 Å². The lowest BCUT2D eigenvalue weighted by Gasteiger charge is -1.91. The Hall–Kier alpha value is -0.605. The highest BCUT2D eigenvalue weighted by Crippen LogP contribution is 2.20. The van der Waals surface area contributed by atoms with Gasteiger partial charge in [0.1, 0.15) is 24.2 Å². The lowest BCUT2D eigenvalue weighted by molar-refractivity contribution is 1.24. The van der Waals surface area contributed by atoms with Gasteiger partial charge in [-0.3, -0.25) is 0 Å². The quantitative estimate of drug-likeness (QED) is 0.449. The van der Waals surface area contributed by atoms with Crippen molar-refractivity contribution in [1.82, 2.24) is 9.97 Å². The smallest absolute Gasteiger partial charge is 0.140 e. The molecule has 52 valence electrons. The standard InChI is InChI=1S/C6H2BClN2S/c7-3-1-11-6-4(3)5(8)9-2-10-6/h1-2H. The molecule has 0 aromatic carbocycles. The third-order valence-electron chi connectivity index (χ3n) is 1.35. The fraction of sp³-hybridized carbons (Fsp3) is 0. The fourth-order valence-electron chi connectivity index (χ4n) is 0.859. The van der Waals surface area contributed by atoms with Gasteiger partial charge in [0.25, 0.3) is 0 Å². The van der Waals surface area contributed by atoms with Crippen molar-refractivity contribution in [3.8, 4) is 0 Å². The Morgan fingerprint density at radius 2 is 2.27 bits per heavy atom. The first-order chi connectivity index (χ1) is 5.29. The van der Waals surface area contributed by atoms with Crippen LogP contribution >= 0.6 is 22.9 Å². The van der Waals surface area contributed by atoms with Crippen molar-refractivity contribution in [2.75, 3.05) is 0 Å². The maximum atomic E-state index is 5.78. The molecule has 2 aromatic heterocycles. The molecule has 2 heterocycles. The summed E-state index contributed by atoms with van der Waals surface area (Å²) in [6.07, 6.45) is 1.43. The highest BCUT2D eigenvalue weighted by atomic mass is 35.5. The Kier molecular flexibility index (Phi) is 1.58.